The number of rotatable bonds is 10. The van der Waals surface area contributed by atoms with Crippen LogP contribution in [-0.2, 0) is 41.7 Å². The monoisotopic (exact) mass is 544 g/mol. The highest BCUT2D eigenvalue weighted by Crippen LogP contribution is 2.42. The summed E-state index contributed by atoms with van der Waals surface area (Å²) in [5.74, 6) is -1.15. The van der Waals surface area contributed by atoms with Crippen molar-refractivity contribution < 1.29 is 33.0 Å². The summed E-state index contributed by atoms with van der Waals surface area (Å²) in [6.45, 7) is 7.71. The Balaban J connectivity index is 1.58. The molecule has 0 spiro atoms. The molecule has 4 rings (SSSR count). The van der Waals surface area contributed by atoms with E-state index in [1.807, 2.05) is 12.1 Å². The molecule has 38 heavy (non-hydrogen) atoms. The van der Waals surface area contributed by atoms with Crippen molar-refractivity contribution in [3.63, 3.8) is 0 Å². The van der Waals surface area contributed by atoms with Crippen LogP contribution in [0.2, 0.25) is 5.02 Å². The molecule has 2 aliphatic heterocycles. The molecule has 10 heteroatoms. The van der Waals surface area contributed by atoms with Crippen molar-refractivity contribution in [2.24, 2.45) is 10.9 Å². The molecule has 1 aromatic heterocycles. The summed E-state index contributed by atoms with van der Waals surface area (Å²) in [6, 6.07) is 10.9. The van der Waals surface area contributed by atoms with Gasteiger partial charge in [0.25, 0.3) is 0 Å². The van der Waals surface area contributed by atoms with Crippen molar-refractivity contribution in [2.75, 3.05) is 46.6 Å². The fourth-order valence-corrected chi connectivity index (χ4v) is 5.06. The summed E-state index contributed by atoms with van der Waals surface area (Å²) >= 11 is 6.55. The number of methoxy groups -OCH3 is 1. The van der Waals surface area contributed by atoms with Gasteiger partial charge in [-0.2, -0.15) is 0 Å². The molecule has 0 aliphatic carbocycles. The number of carbonyl (C=O) groups excluding carboxylic acids is 2. The molecule has 0 N–H and O–H groups in total. The molecule has 0 radical (unpaired) electrons. The molecule has 2 unspecified atom stereocenters. The van der Waals surface area contributed by atoms with Crippen molar-refractivity contribution in [3.8, 4) is 0 Å². The molecule has 1 aromatic carbocycles. The van der Waals surface area contributed by atoms with Gasteiger partial charge in [-0.3, -0.25) is 14.7 Å². The number of carbonyl (C=O) groups is 2. The summed E-state index contributed by atoms with van der Waals surface area (Å²) in [5, 5.41) is 0.423. The van der Waals surface area contributed by atoms with Crippen LogP contribution in [0.1, 0.15) is 36.8 Å². The van der Waals surface area contributed by atoms with Gasteiger partial charge in [-0.15, -0.1) is 0 Å². The van der Waals surface area contributed by atoms with E-state index in [2.05, 4.69) is 9.89 Å². The summed E-state index contributed by atoms with van der Waals surface area (Å²) in [7, 11) is 1.31. The normalized spacial score (nSPS) is 20.3. The molecular weight excluding hydrogens is 512 g/mol. The summed E-state index contributed by atoms with van der Waals surface area (Å²) in [5.41, 5.74) is 1.72. The lowest BCUT2D eigenvalue weighted by atomic mass is 9.75. The Morgan fingerprint density at radius 1 is 1.11 bits per heavy atom. The highest BCUT2D eigenvalue weighted by molar-refractivity contribution is 6.31. The number of hydrogen-bond acceptors (Lipinski definition) is 9. The first-order valence-electron chi connectivity index (χ1n) is 12.7. The zero-order valence-electron chi connectivity index (χ0n) is 21.9. The van der Waals surface area contributed by atoms with Crippen LogP contribution < -0.4 is 0 Å². The third-order valence-corrected chi connectivity index (χ3v) is 6.94. The fraction of sp³-hybridized carbons (Fsp3) is 0.464. The van der Waals surface area contributed by atoms with Crippen LogP contribution in [0, 0.1) is 5.92 Å². The minimum atomic E-state index is -0.837. The van der Waals surface area contributed by atoms with Gasteiger partial charge in [0.15, 0.2) is 0 Å². The van der Waals surface area contributed by atoms with Crippen LogP contribution in [0.25, 0.3) is 0 Å². The fourth-order valence-electron chi connectivity index (χ4n) is 4.80. The zero-order chi connectivity index (χ0) is 27.1. The average molecular weight is 545 g/mol. The molecule has 0 amide bonds. The van der Waals surface area contributed by atoms with Crippen LogP contribution in [0.4, 0.5) is 0 Å². The Hall–Kier alpha value is -2.98. The highest BCUT2D eigenvalue weighted by Gasteiger charge is 2.43. The maximum atomic E-state index is 13.3. The Morgan fingerprint density at radius 3 is 2.55 bits per heavy atom. The van der Waals surface area contributed by atoms with Crippen molar-refractivity contribution in [3.05, 3.63) is 69.8 Å². The number of nitrogens with zero attached hydrogens (tertiary/aromatic N) is 2. The molecule has 2 aromatic rings. The molecule has 1 saturated heterocycles. The minimum absolute atomic E-state index is 0.0137. The van der Waals surface area contributed by atoms with Gasteiger partial charge < -0.3 is 23.4 Å². The average Bonchev–Trinajstić information content (AvgIpc) is 3.35. The van der Waals surface area contributed by atoms with E-state index in [0.29, 0.717) is 34.3 Å². The Labute approximate surface area is 227 Å². The van der Waals surface area contributed by atoms with Gasteiger partial charge in [-0.25, -0.2) is 4.79 Å². The van der Waals surface area contributed by atoms with E-state index in [1.54, 1.807) is 38.1 Å². The Bertz CT molecular complexity index is 1200. The van der Waals surface area contributed by atoms with Gasteiger partial charge in [0.1, 0.15) is 24.0 Å². The van der Waals surface area contributed by atoms with E-state index in [-0.39, 0.29) is 25.4 Å². The van der Waals surface area contributed by atoms with E-state index in [9.17, 15) is 9.59 Å². The van der Waals surface area contributed by atoms with Crippen LogP contribution in [0.5, 0.6) is 0 Å². The smallest absolute Gasteiger partial charge is 0.336 e. The van der Waals surface area contributed by atoms with Crippen molar-refractivity contribution in [1.82, 2.24) is 4.90 Å². The predicted molar refractivity (Wildman–Crippen MR) is 141 cm³/mol. The van der Waals surface area contributed by atoms with Gasteiger partial charge >= 0.3 is 11.9 Å². The number of esters is 2. The van der Waals surface area contributed by atoms with Gasteiger partial charge in [0.05, 0.1) is 51.4 Å². The van der Waals surface area contributed by atoms with Gasteiger partial charge in [-0.1, -0.05) is 29.8 Å². The number of halogens is 1. The number of hydrogen-bond donors (Lipinski definition) is 0. The van der Waals surface area contributed by atoms with Crippen LogP contribution in [0.3, 0.4) is 0 Å². The second-order valence-corrected chi connectivity index (χ2v) is 9.49. The Morgan fingerprint density at radius 2 is 1.84 bits per heavy atom. The molecule has 204 valence electrons. The number of aliphatic imine (C=N–C) groups is 1. The van der Waals surface area contributed by atoms with Crippen LogP contribution >= 0.6 is 11.6 Å². The number of furan rings is 1. The first kappa shape index (κ1) is 28.0. The molecule has 0 saturated carbocycles. The lowest BCUT2D eigenvalue weighted by Gasteiger charge is -2.32. The van der Waals surface area contributed by atoms with E-state index in [4.69, 9.17) is 35.0 Å². The lowest BCUT2D eigenvalue weighted by Crippen LogP contribution is -2.37. The third-order valence-electron chi connectivity index (χ3n) is 6.59. The summed E-state index contributed by atoms with van der Waals surface area (Å²) in [6.07, 6.45) is 0. The maximum Gasteiger partial charge on any atom is 0.336 e. The second-order valence-electron chi connectivity index (χ2n) is 9.08. The van der Waals surface area contributed by atoms with Crippen LogP contribution in [-0.4, -0.2) is 69.2 Å². The van der Waals surface area contributed by atoms with Crippen molar-refractivity contribution >= 4 is 29.3 Å². The quantitative estimate of drug-likeness (QED) is 0.411. The van der Waals surface area contributed by atoms with E-state index >= 15 is 0 Å². The predicted octanol–water partition coefficient (Wildman–Crippen LogP) is 4.15. The van der Waals surface area contributed by atoms with Gasteiger partial charge in [0.2, 0.25) is 0 Å². The number of morpholine rings is 1. The molecule has 3 heterocycles. The molecule has 2 aliphatic rings. The summed E-state index contributed by atoms with van der Waals surface area (Å²) in [4.78, 5) is 33.0. The van der Waals surface area contributed by atoms with Crippen molar-refractivity contribution in [2.45, 2.75) is 32.9 Å². The van der Waals surface area contributed by atoms with E-state index in [1.165, 1.54) is 7.11 Å². The maximum absolute atomic E-state index is 13.3. The topological polar surface area (TPSA) is 99.8 Å². The van der Waals surface area contributed by atoms with Gasteiger partial charge in [0, 0.05) is 29.7 Å². The standard InChI is InChI=1S/C28H33ClN2O7/c1-4-37-28(33)26-23(17-36-16-20-10-9-19(38-20)15-31-11-13-35-14-12-31)30-18(2)24(27(32)34-3)25(26)21-7-5-6-8-22(21)29/h5-10,24-25H,4,11-17H2,1-3H3. The van der Waals surface area contributed by atoms with Gasteiger partial charge in [-0.05, 0) is 37.6 Å². The first-order valence-corrected chi connectivity index (χ1v) is 13.0. The highest BCUT2D eigenvalue weighted by atomic mass is 35.5. The Kier molecular flexibility index (Phi) is 9.74. The second kappa shape index (κ2) is 13.2. The molecule has 9 nitrogen and oxygen atoms in total. The van der Waals surface area contributed by atoms with Crippen molar-refractivity contribution in [1.29, 1.82) is 0 Å². The first-order chi connectivity index (χ1) is 18.4. The largest absolute Gasteiger partial charge is 0.468 e. The van der Waals surface area contributed by atoms with E-state index < -0.39 is 23.8 Å². The van der Waals surface area contributed by atoms with Crippen LogP contribution in [0.15, 0.2) is 57.1 Å². The zero-order valence-corrected chi connectivity index (χ0v) is 22.7. The number of benzene rings is 1. The molecule has 0 bridgehead atoms. The molecule has 1 fully saturated rings. The molecule has 2 atom stereocenters. The minimum Gasteiger partial charge on any atom is -0.468 e. The number of ether oxygens (including phenoxy) is 4. The SMILES string of the molecule is CCOC(=O)C1=C(COCc2ccc(CN3CCOCC3)o2)N=C(C)C(C(=O)OC)C1c1ccccc1Cl. The summed E-state index contributed by atoms with van der Waals surface area (Å²) < 4.78 is 27.8. The molecular formula is C28H33ClN2O7. The lowest BCUT2D eigenvalue weighted by molar-refractivity contribution is -0.144. The third kappa shape index (κ3) is 6.53. The van der Waals surface area contributed by atoms with E-state index in [0.717, 1.165) is 32.1 Å².